The van der Waals surface area contributed by atoms with Crippen molar-refractivity contribution in [3.63, 3.8) is 0 Å². The molecule has 2 aromatic heterocycles. The molecule has 0 saturated heterocycles. The van der Waals surface area contributed by atoms with Crippen LogP contribution < -0.4 is 16.3 Å². The van der Waals surface area contributed by atoms with Gasteiger partial charge in [-0.2, -0.15) is 10.1 Å². The van der Waals surface area contributed by atoms with Crippen LogP contribution in [0.4, 0.5) is 11.8 Å². The van der Waals surface area contributed by atoms with Gasteiger partial charge in [0.1, 0.15) is 0 Å². The van der Waals surface area contributed by atoms with Crippen LogP contribution in [-0.4, -0.2) is 40.8 Å². The molecule has 9 heteroatoms. The Balaban J connectivity index is 2.33. The van der Waals surface area contributed by atoms with E-state index < -0.39 is 11.5 Å². The number of ether oxygens (including phenoxy) is 1. The number of carbonyl (C=O) groups excluding carboxylic acids is 1. The van der Waals surface area contributed by atoms with Crippen LogP contribution in [0.3, 0.4) is 0 Å². The minimum atomic E-state index is -0.638. The lowest BCUT2D eigenvalue weighted by Crippen LogP contribution is -2.23. The zero-order chi connectivity index (χ0) is 17.3. The summed E-state index contributed by atoms with van der Waals surface area (Å²) in [6.45, 7) is 0. The number of aromatic amines is 1. The van der Waals surface area contributed by atoms with E-state index in [0.29, 0.717) is 11.1 Å². The molecule has 3 N–H and O–H groups in total. The predicted octanol–water partition coefficient (Wildman–Crippen LogP) is 0.158. The highest BCUT2D eigenvalue weighted by molar-refractivity contribution is 6.43. The van der Waals surface area contributed by atoms with E-state index in [4.69, 9.17) is 10.5 Å². The third-order valence-corrected chi connectivity index (χ3v) is 3.40. The van der Waals surface area contributed by atoms with Crippen molar-refractivity contribution >= 4 is 29.0 Å². The van der Waals surface area contributed by atoms with Gasteiger partial charge >= 0.3 is 5.97 Å². The van der Waals surface area contributed by atoms with Crippen LogP contribution in [0.2, 0.25) is 0 Å². The molecule has 0 saturated carbocycles. The average molecular weight is 326 g/mol. The number of H-pyrrole nitrogens is 1. The highest BCUT2D eigenvalue weighted by Crippen LogP contribution is 2.29. The van der Waals surface area contributed by atoms with Crippen LogP contribution in [0.15, 0.2) is 40.5 Å². The topological polar surface area (TPSA) is 127 Å². The van der Waals surface area contributed by atoms with Crippen LogP contribution in [0.25, 0.3) is 5.57 Å². The first-order valence-corrected chi connectivity index (χ1v) is 6.94. The van der Waals surface area contributed by atoms with E-state index >= 15 is 0 Å². The molecular formula is C15H14N6O3. The van der Waals surface area contributed by atoms with Gasteiger partial charge in [0.25, 0.3) is 5.56 Å². The maximum Gasteiger partial charge on any atom is 0.358 e. The predicted molar refractivity (Wildman–Crippen MR) is 88.4 cm³/mol. The number of hydrazone groups is 1. The highest BCUT2D eigenvalue weighted by atomic mass is 16.5. The van der Waals surface area contributed by atoms with Crippen molar-refractivity contribution in [2.24, 2.45) is 5.10 Å². The number of fused-ring (bicyclic) bond motifs is 1. The Kier molecular flexibility index (Phi) is 3.82. The van der Waals surface area contributed by atoms with Gasteiger partial charge in [-0.3, -0.25) is 14.8 Å². The molecule has 3 heterocycles. The maximum atomic E-state index is 12.5. The van der Waals surface area contributed by atoms with E-state index in [1.165, 1.54) is 18.2 Å². The molecule has 0 bridgehead atoms. The monoisotopic (exact) mass is 326 g/mol. The molecule has 0 spiro atoms. The first-order valence-electron chi connectivity index (χ1n) is 6.94. The standard InChI is InChI=1S/C15H14N6O3/c1-21-12-11(13(22)19-15(16)18-12)9(8-4-3-5-17-7-8)6-10(20-21)14(23)24-2/h3-7H,1-2H3,(H3,16,18,19,22). The second-order valence-electron chi connectivity index (χ2n) is 4.95. The number of rotatable bonds is 2. The number of aromatic nitrogens is 3. The van der Waals surface area contributed by atoms with Gasteiger partial charge in [0.05, 0.1) is 12.7 Å². The summed E-state index contributed by atoms with van der Waals surface area (Å²) in [7, 11) is 2.82. The molecule has 0 aromatic carbocycles. The smallest absolute Gasteiger partial charge is 0.358 e. The Labute approximate surface area is 136 Å². The second-order valence-corrected chi connectivity index (χ2v) is 4.95. The van der Waals surface area contributed by atoms with Crippen molar-refractivity contribution in [1.82, 2.24) is 15.0 Å². The molecular weight excluding hydrogens is 312 g/mol. The molecule has 1 aliphatic rings. The van der Waals surface area contributed by atoms with Gasteiger partial charge in [-0.1, -0.05) is 6.07 Å². The molecule has 0 atom stereocenters. The molecule has 9 nitrogen and oxygen atoms in total. The number of hydrogen-bond donors (Lipinski definition) is 2. The van der Waals surface area contributed by atoms with Gasteiger partial charge in [-0.15, -0.1) is 0 Å². The minimum Gasteiger partial charge on any atom is -0.464 e. The molecule has 3 rings (SSSR count). The lowest BCUT2D eigenvalue weighted by atomic mass is 9.99. The lowest BCUT2D eigenvalue weighted by molar-refractivity contribution is -0.132. The molecule has 122 valence electrons. The zero-order valence-electron chi connectivity index (χ0n) is 13.0. The van der Waals surface area contributed by atoms with Crippen molar-refractivity contribution in [3.05, 3.63) is 52.1 Å². The summed E-state index contributed by atoms with van der Waals surface area (Å²) in [6.07, 6.45) is 4.65. The third kappa shape index (κ3) is 2.62. The van der Waals surface area contributed by atoms with E-state index in [-0.39, 0.29) is 23.0 Å². The van der Waals surface area contributed by atoms with E-state index in [2.05, 4.69) is 20.1 Å². The van der Waals surface area contributed by atoms with E-state index in [0.717, 1.165) is 0 Å². The largest absolute Gasteiger partial charge is 0.464 e. The molecule has 0 radical (unpaired) electrons. The van der Waals surface area contributed by atoms with Crippen LogP contribution in [0.1, 0.15) is 11.1 Å². The number of nitrogens with two attached hydrogens (primary N) is 1. The minimum absolute atomic E-state index is 0.0230. The summed E-state index contributed by atoms with van der Waals surface area (Å²) in [6, 6.07) is 3.48. The molecule has 2 aromatic rings. The molecule has 1 aliphatic heterocycles. The van der Waals surface area contributed by atoms with Gasteiger partial charge < -0.3 is 10.5 Å². The Morgan fingerprint density at radius 1 is 1.42 bits per heavy atom. The van der Waals surface area contributed by atoms with Crippen molar-refractivity contribution < 1.29 is 9.53 Å². The summed E-state index contributed by atoms with van der Waals surface area (Å²) in [4.78, 5) is 35.1. The number of nitrogen functional groups attached to an aromatic ring is 1. The number of methoxy groups -OCH3 is 1. The van der Waals surface area contributed by atoms with Gasteiger partial charge in [0.15, 0.2) is 11.5 Å². The first-order chi connectivity index (χ1) is 11.5. The summed E-state index contributed by atoms with van der Waals surface area (Å²) < 4.78 is 4.74. The second kappa shape index (κ2) is 5.95. The van der Waals surface area contributed by atoms with Crippen molar-refractivity contribution in [2.75, 3.05) is 24.9 Å². The fourth-order valence-electron chi connectivity index (χ4n) is 2.36. The number of nitrogens with zero attached hydrogens (tertiary/aromatic N) is 4. The zero-order valence-corrected chi connectivity index (χ0v) is 13.0. The van der Waals surface area contributed by atoms with Crippen molar-refractivity contribution in [1.29, 1.82) is 0 Å². The van der Waals surface area contributed by atoms with Crippen LogP contribution in [-0.2, 0) is 9.53 Å². The maximum absolute atomic E-state index is 12.5. The van der Waals surface area contributed by atoms with Gasteiger partial charge in [0.2, 0.25) is 5.95 Å². The average Bonchev–Trinajstić information content (AvgIpc) is 2.72. The first kappa shape index (κ1) is 15.4. The van der Waals surface area contributed by atoms with Gasteiger partial charge in [0, 0.05) is 30.6 Å². The fraction of sp³-hybridized carbons (Fsp3) is 0.133. The van der Waals surface area contributed by atoms with Gasteiger partial charge in [-0.25, -0.2) is 9.80 Å². The Morgan fingerprint density at radius 3 is 2.88 bits per heavy atom. The van der Waals surface area contributed by atoms with Gasteiger partial charge in [-0.05, 0) is 12.1 Å². The van der Waals surface area contributed by atoms with E-state index in [1.54, 1.807) is 31.6 Å². The molecule has 0 aliphatic carbocycles. The number of esters is 1. The summed E-state index contributed by atoms with van der Waals surface area (Å²) in [5, 5.41) is 5.47. The van der Waals surface area contributed by atoms with Crippen molar-refractivity contribution in [3.8, 4) is 0 Å². The quantitative estimate of drug-likeness (QED) is 0.752. The third-order valence-electron chi connectivity index (χ3n) is 3.40. The molecule has 0 unspecified atom stereocenters. The lowest BCUT2D eigenvalue weighted by Gasteiger charge is -2.15. The van der Waals surface area contributed by atoms with E-state index in [1.807, 2.05) is 0 Å². The molecule has 0 fully saturated rings. The van der Waals surface area contributed by atoms with Crippen LogP contribution in [0.5, 0.6) is 0 Å². The summed E-state index contributed by atoms with van der Waals surface area (Å²) in [5.74, 6) is -0.460. The number of pyridine rings is 1. The normalized spacial score (nSPS) is 13.5. The number of hydrogen-bond acceptors (Lipinski definition) is 8. The SMILES string of the molecule is COC(=O)C1=NN(C)c2nc(N)[nH]c(=O)c2C(c2cccnc2)=C1. The van der Waals surface area contributed by atoms with Crippen LogP contribution in [0, 0.1) is 0 Å². The Hall–Kier alpha value is -3.49. The number of nitrogens with one attached hydrogen (secondary N) is 1. The molecule has 0 amide bonds. The van der Waals surface area contributed by atoms with E-state index in [9.17, 15) is 9.59 Å². The van der Waals surface area contributed by atoms with Crippen LogP contribution >= 0.6 is 0 Å². The Bertz CT molecular complexity index is 917. The number of anilines is 2. The Morgan fingerprint density at radius 2 is 2.21 bits per heavy atom. The summed E-state index contributed by atoms with van der Waals surface area (Å²) in [5.41, 5.74) is 6.53. The number of carbonyl (C=O) groups is 1. The highest BCUT2D eigenvalue weighted by Gasteiger charge is 2.25. The molecule has 24 heavy (non-hydrogen) atoms. The fourth-order valence-corrected chi connectivity index (χ4v) is 2.36. The summed E-state index contributed by atoms with van der Waals surface area (Å²) >= 11 is 0. The van der Waals surface area contributed by atoms with Crippen molar-refractivity contribution in [2.45, 2.75) is 0 Å².